The molecule has 55 heavy (non-hydrogen) atoms. The molecule has 256 valence electrons. The Morgan fingerprint density at radius 3 is 2.00 bits per heavy atom. The van der Waals surface area contributed by atoms with Crippen LogP contribution in [0, 0.1) is 0 Å². The fraction of sp³-hybridized carbons (Fsp3) is 0. The molecule has 0 aliphatic carbocycles. The molecule has 6 heteroatoms. The van der Waals surface area contributed by atoms with Crippen molar-refractivity contribution in [1.82, 2.24) is 19.5 Å². The zero-order valence-electron chi connectivity index (χ0n) is 29.3. The minimum atomic E-state index is 0.554. The first kappa shape index (κ1) is 30.3. The number of para-hydroxylation sites is 2. The first-order chi connectivity index (χ1) is 27.2. The molecule has 0 aliphatic rings. The summed E-state index contributed by atoms with van der Waals surface area (Å²) in [5.41, 5.74) is 7.82. The van der Waals surface area contributed by atoms with Crippen LogP contribution in [0.25, 0.3) is 115 Å². The molecule has 0 amide bonds. The van der Waals surface area contributed by atoms with E-state index in [9.17, 15) is 0 Å². The molecule has 0 saturated carbocycles. The summed E-state index contributed by atoms with van der Waals surface area (Å²) in [5, 5.41) is 9.29. The van der Waals surface area contributed by atoms with Gasteiger partial charge in [-0.2, -0.15) is 9.97 Å². The lowest BCUT2D eigenvalue weighted by atomic mass is 9.97. The lowest BCUT2D eigenvalue weighted by Crippen LogP contribution is -2.07. The van der Waals surface area contributed by atoms with Crippen LogP contribution >= 0.6 is 11.3 Å². The molecule has 0 unspecified atom stereocenters. The predicted molar refractivity (Wildman–Crippen MR) is 228 cm³/mol. The van der Waals surface area contributed by atoms with Crippen molar-refractivity contribution < 1.29 is 4.42 Å². The van der Waals surface area contributed by atoms with Gasteiger partial charge in [0.2, 0.25) is 5.95 Å². The van der Waals surface area contributed by atoms with Crippen molar-refractivity contribution in [3.05, 3.63) is 170 Å². The van der Waals surface area contributed by atoms with Gasteiger partial charge in [-0.25, -0.2) is 4.98 Å². The van der Waals surface area contributed by atoms with Gasteiger partial charge >= 0.3 is 0 Å². The Labute approximate surface area is 318 Å². The third-order valence-corrected chi connectivity index (χ3v) is 12.0. The fourth-order valence-corrected chi connectivity index (χ4v) is 9.48. The molecule has 4 heterocycles. The van der Waals surface area contributed by atoms with Crippen LogP contribution < -0.4 is 0 Å². The molecular weight excluding hydrogens is 693 g/mol. The number of rotatable bonds is 4. The van der Waals surface area contributed by atoms with Crippen molar-refractivity contribution in [3.8, 4) is 39.9 Å². The molecule has 0 saturated heterocycles. The SMILES string of the molecule is c1ccc(-c2nc(-c3ccc4c(c3)oc3ccccc34)nc(-n3c4cc5ccccc5cc4c4cccc(-c5cccc6sc7ccccc7c56)c43)n2)cc1. The standard InChI is InChI=1S/C49H28N4OS/c1-2-12-29(13-3-1)47-50-48(32-24-25-34-33-16-6-8-21-41(33)54-42(34)28-32)52-49(51-47)53-40-27-31-15-5-4-14-30(31)26-39(40)37-20-10-19-36(46(37)53)35-18-11-23-44-45(35)38-17-7-9-22-43(38)55-44/h1-28H. The van der Waals surface area contributed by atoms with Gasteiger partial charge in [-0.1, -0.05) is 127 Å². The van der Waals surface area contributed by atoms with Crippen LogP contribution in [0.5, 0.6) is 0 Å². The third kappa shape index (κ3) is 4.62. The Balaban J connectivity index is 1.20. The minimum absolute atomic E-state index is 0.554. The molecule has 12 rings (SSSR count). The van der Waals surface area contributed by atoms with E-state index in [-0.39, 0.29) is 0 Å². The summed E-state index contributed by atoms with van der Waals surface area (Å²) in [6.07, 6.45) is 0. The van der Waals surface area contributed by atoms with Crippen molar-refractivity contribution in [1.29, 1.82) is 0 Å². The lowest BCUT2D eigenvalue weighted by Gasteiger charge is -2.14. The van der Waals surface area contributed by atoms with Crippen LogP contribution in [0.1, 0.15) is 0 Å². The third-order valence-electron chi connectivity index (χ3n) is 10.8. The molecule has 8 aromatic carbocycles. The Kier molecular flexibility index (Phi) is 6.44. The number of furan rings is 1. The number of nitrogens with zero attached hydrogens (tertiary/aromatic N) is 4. The molecule has 0 aliphatic heterocycles. The normalized spacial score (nSPS) is 12.0. The first-order valence-corrected chi connectivity index (χ1v) is 19.2. The first-order valence-electron chi connectivity index (χ1n) is 18.4. The van der Waals surface area contributed by atoms with Crippen LogP contribution in [-0.2, 0) is 0 Å². The number of benzene rings is 8. The predicted octanol–water partition coefficient (Wildman–Crippen LogP) is 13.4. The smallest absolute Gasteiger partial charge is 0.238 e. The highest BCUT2D eigenvalue weighted by atomic mass is 32.1. The summed E-state index contributed by atoms with van der Waals surface area (Å²) >= 11 is 1.84. The zero-order valence-corrected chi connectivity index (χ0v) is 30.1. The number of hydrogen-bond donors (Lipinski definition) is 0. The maximum atomic E-state index is 6.34. The second-order valence-electron chi connectivity index (χ2n) is 14.0. The maximum absolute atomic E-state index is 6.34. The number of hydrogen-bond acceptors (Lipinski definition) is 5. The van der Waals surface area contributed by atoms with Gasteiger partial charge in [0.15, 0.2) is 11.6 Å². The van der Waals surface area contributed by atoms with E-state index >= 15 is 0 Å². The largest absolute Gasteiger partial charge is 0.456 e. The number of thiophene rings is 1. The topological polar surface area (TPSA) is 56.7 Å². The Bertz CT molecular complexity index is 3500. The second kappa shape index (κ2) is 11.7. The molecule has 0 radical (unpaired) electrons. The quantitative estimate of drug-likeness (QED) is 0.182. The van der Waals surface area contributed by atoms with Gasteiger partial charge in [0.25, 0.3) is 0 Å². The average Bonchev–Trinajstić information content (AvgIpc) is 3.92. The van der Waals surface area contributed by atoms with E-state index in [1.165, 1.54) is 31.1 Å². The summed E-state index contributed by atoms with van der Waals surface area (Å²) in [5.74, 6) is 1.73. The molecule has 5 nitrogen and oxygen atoms in total. The molecule has 0 atom stereocenters. The van der Waals surface area contributed by atoms with Crippen LogP contribution in [0.3, 0.4) is 0 Å². The fourth-order valence-electron chi connectivity index (χ4n) is 8.35. The molecular formula is C49H28N4OS. The summed E-state index contributed by atoms with van der Waals surface area (Å²) in [6, 6.07) is 59.7. The van der Waals surface area contributed by atoms with E-state index in [4.69, 9.17) is 19.4 Å². The van der Waals surface area contributed by atoms with E-state index in [0.29, 0.717) is 17.6 Å². The summed E-state index contributed by atoms with van der Waals surface area (Å²) in [7, 11) is 0. The van der Waals surface area contributed by atoms with Gasteiger partial charge in [-0.05, 0) is 58.8 Å². The Morgan fingerprint density at radius 2 is 1.11 bits per heavy atom. The zero-order chi connectivity index (χ0) is 36.0. The molecule has 4 aromatic heterocycles. The van der Waals surface area contributed by atoms with Gasteiger partial charge in [-0.15, -0.1) is 11.3 Å². The molecule has 0 fully saturated rings. The maximum Gasteiger partial charge on any atom is 0.238 e. The van der Waals surface area contributed by atoms with Crippen molar-refractivity contribution >= 4 is 86.0 Å². The summed E-state index contributed by atoms with van der Waals surface area (Å²) in [4.78, 5) is 15.8. The Morgan fingerprint density at radius 1 is 0.436 bits per heavy atom. The average molecular weight is 721 g/mol. The van der Waals surface area contributed by atoms with Crippen LogP contribution in [0.4, 0.5) is 0 Å². The van der Waals surface area contributed by atoms with Gasteiger partial charge in [-0.3, -0.25) is 4.57 Å². The highest BCUT2D eigenvalue weighted by Crippen LogP contribution is 2.45. The van der Waals surface area contributed by atoms with Crippen molar-refractivity contribution in [2.24, 2.45) is 0 Å². The van der Waals surface area contributed by atoms with Crippen LogP contribution in [0.15, 0.2) is 174 Å². The minimum Gasteiger partial charge on any atom is -0.456 e. The van der Waals surface area contributed by atoms with Crippen LogP contribution in [-0.4, -0.2) is 19.5 Å². The van der Waals surface area contributed by atoms with Gasteiger partial charge < -0.3 is 4.42 Å². The van der Waals surface area contributed by atoms with E-state index in [1.54, 1.807) is 0 Å². The number of aromatic nitrogens is 4. The van der Waals surface area contributed by atoms with Crippen molar-refractivity contribution in [2.75, 3.05) is 0 Å². The Hall–Kier alpha value is -7.15. The highest BCUT2D eigenvalue weighted by Gasteiger charge is 2.23. The summed E-state index contributed by atoms with van der Waals surface area (Å²) < 4.78 is 11.1. The lowest BCUT2D eigenvalue weighted by molar-refractivity contribution is 0.669. The van der Waals surface area contributed by atoms with Gasteiger partial charge in [0, 0.05) is 58.4 Å². The molecule has 0 bridgehead atoms. The number of fused-ring (bicyclic) bond motifs is 10. The molecule has 0 N–H and O–H groups in total. The van der Waals surface area contributed by atoms with Crippen LogP contribution in [0.2, 0.25) is 0 Å². The second-order valence-corrected chi connectivity index (χ2v) is 15.1. The highest BCUT2D eigenvalue weighted by molar-refractivity contribution is 7.25. The van der Waals surface area contributed by atoms with E-state index in [1.807, 2.05) is 47.7 Å². The molecule has 12 aromatic rings. The van der Waals surface area contributed by atoms with Gasteiger partial charge in [0.05, 0.1) is 11.0 Å². The molecule has 0 spiro atoms. The van der Waals surface area contributed by atoms with E-state index in [0.717, 1.165) is 65.8 Å². The van der Waals surface area contributed by atoms with E-state index in [2.05, 4.69) is 138 Å². The monoisotopic (exact) mass is 720 g/mol. The van der Waals surface area contributed by atoms with Crippen molar-refractivity contribution in [3.63, 3.8) is 0 Å². The van der Waals surface area contributed by atoms with Crippen molar-refractivity contribution in [2.45, 2.75) is 0 Å². The van der Waals surface area contributed by atoms with Gasteiger partial charge in [0.1, 0.15) is 11.2 Å². The van der Waals surface area contributed by atoms with E-state index < -0.39 is 0 Å². The summed E-state index contributed by atoms with van der Waals surface area (Å²) in [6.45, 7) is 0.